The highest BCUT2D eigenvalue weighted by molar-refractivity contribution is 7.73. The largest absolute Gasteiger partial charge is 0.217 e. The van der Waals surface area contributed by atoms with E-state index in [1.54, 1.807) is 6.92 Å². The maximum Gasteiger partial charge on any atom is 0.217 e. The Morgan fingerprint density at radius 1 is 1.62 bits per heavy atom. The van der Waals surface area contributed by atoms with Crippen molar-refractivity contribution in [3.05, 3.63) is 6.92 Å². The molecule has 0 aromatic carbocycles. The van der Waals surface area contributed by atoms with Crippen LogP contribution in [0.3, 0.4) is 0 Å². The van der Waals surface area contributed by atoms with Crippen LogP contribution in [-0.4, -0.2) is 13.3 Å². The molecule has 0 aliphatic heterocycles. The Morgan fingerprint density at radius 3 is 2.12 bits per heavy atom. The Balaban J connectivity index is 4.34. The Hall–Kier alpha value is -0.440. The number of rotatable bonds is 2. The van der Waals surface area contributed by atoms with E-state index in [-0.39, 0.29) is 0 Å². The smallest absolute Gasteiger partial charge is 0.184 e. The van der Waals surface area contributed by atoms with E-state index in [1.165, 1.54) is 0 Å². The normalized spacial score (nSPS) is 8.62. The fraction of sp³-hybridized carbons (Fsp3) is 0.600. The minimum atomic E-state index is -2.00. The van der Waals surface area contributed by atoms with E-state index in [4.69, 9.17) is 0 Å². The van der Waals surface area contributed by atoms with Gasteiger partial charge in [-0.1, -0.05) is 6.92 Å². The Bertz CT molecular complexity index is 163. The van der Waals surface area contributed by atoms with E-state index >= 15 is 0 Å². The van der Waals surface area contributed by atoms with Gasteiger partial charge in [-0.05, 0) is 6.42 Å². The zero-order valence-corrected chi connectivity index (χ0v) is 5.66. The molecule has 46 valence electrons. The summed E-state index contributed by atoms with van der Waals surface area (Å²) >= 11 is 0. The Labute approximate surface area is 51.1 Å². The van der Waals surface area contributed by atoms with Crippen LogP contribution in [0, 0.1) is 6.92 Å². The van der Waals surface area contributed by atoms with Gasteiger partial charge in [-0.3, -0.25) is 0 Å². The molecule has 3 heteroatoms. The topological polar surface area (TPSA) is 34.1 Å². The lowest BCUT2D eigenvalue weighted by atomic mass is 10.3. The number of hydrogen-bond donors (Lipinski definition) is 0. The van der Waals surface area contributed by atoms with E-state index in [9.17, 15) is 8.42 Å². The first-order valence-corrected chi connectivity index (χ1v) is 3.53. The van der Waals surface area contributed by atoms with Crippen molar-refractivity contribution in [3.63, 3.8) is 0 Å². The first kappa shape index (κ1) is 7.56. The van der Waals surface area contributed by atoms with Gasteiger partial charge in [-0.15, -0.1) is 0 Å². The highest BCUT2D eigenvalue weighted by atomic mass is 32.2. The minimum absolute atomic E-state index is 0.395. The van der Waals surface area contributed by atoms with E-state index < -0.39 is 10.3 Å². The lowest BCUT2D eigenvalue weighted by Gasteiger charge is -1.80. The molecule has 0 rings (SSSR count). The van der Waals surface area contributed by atoms with Gasteiger partial charge in [0.15, 0.2) is 0 Å². The van der Waals surface area contributed by atoms with Crippen LogP contribution in [0.15, 0.2) is 0 Å². The molecule has 0 aliphatic carbocycles. The SMILES string of the molecule is [CH2+]CC(CC)=S(=O)=O. The summed E-state index contributed by atoms with van der Waals surface area (Å²) in [5.41, 5.74) is 0. The van der Waals surface area contributed by atoms with Gasteiger partial charge in [0.05, 0.1) is 11.8 Å². The van der Waals surface area contributed by atoms with Crippen molar-refractivity contribution in [2.75, 3.05) is 0 Å². The fourth-order valence-corrected chi connectivity index (χ4v) is 0.780. The first-order chi connectivity index (χ1) is 3.72. The summed E-state index contributed by atoms with van der Waals surface area (Å²) in [6.45, 7) is 5.25. The average molecular weight is 133 g/mol. The van der Waals surface area contributed by atoms with Crippen molar-refractivity contribution in [1.29, 1.82) is 0 Å². The first-order valence-electron chi connectivity index (χ1n) is 2.45. The van der Waals surface area contributed by atoms with Crippen LogP contribution in [-0.2, 0) is 10.3 Å². The summed E-state index contributed by atoms with van der Waals surface area (Å²) in [5.74, 6) is 0. The van der Waals surface area contributed by atoms with Crippen molar-refractivity contribution in [2.45, 2.75) is 19.8 Å². The van der Waals surface area contributed by atoms with Crippen LogP contribution in [0.1, 0.15) is 19.8 Å². The van der Waals surface area contributed by atoms with Crippen LogP contribution in [0.5, 0.6) is 0 Å². The lowest BCUT2D eigenvalue weighted by Crippen LogP contribution is -1.93. The van der Waals surface area contributed by atoms with Crippen LogP contribution in [0.2, 0.25) is 0 Å². The maximum absolute atomic E-state index is 10.1. The highest BCUT2D eigenvalue weighted by Crippen LogP contribution is 1.85. The second kappa shape index (κ2) is 3.55. The molecule has 0 spiro atoms. The lowest BCUT2D eigenvalue weighted by molar-refractivity contribution is 0.626. The molecular weight excluding hydrogens is 124 g/mol. The molecule has 0 aliphatic rings. The zero-order chi connectivity index (χ0) is 6.57. The second-order valence-corrected chi connectivity index (χ2v) is 2.42. The summed E-state index contributed by atoms with van der Waals surface area (Å²) in [6.07, 6.45) is 0.978. The third-order valence-electron chi connectivity index (χ3n) is 0.909. The summed E-state index contributed by atoms with van der Waals surface area (Å²) in [6, 6.07) is 0. The van der Waals surface area contributed by atoms with Gasteiger partial charge in [-0.25, -0.2) is 0 Å². The molecule has 2 nitrogen and oxygen atoms in total. The third kappa shape index (κ3) is 2.02. The molecule has 0 unspecified atom stereocenters. The molecular formula is C5H9O2S+. The quantitative estimate of drug-likeness (QED) is 0.410. The van der Waals surface area contributed by atoms with Gasteiger partial charge in [0.1, 0.15) is 6.42 Å². The molecule has 0 saturated carbocycles. The van der Waals surface area contributed by atoms with Crippen LogP contribution >= 0.6 is 0 Å². The van der Waals surface area contributed by atoms with Crippen molar-refractivity contribution < 1.29 is 8.42 Å². The predicted molar refractivity (Wildman–Crippen MR) is 34.2 cm³/mol. The van der Waals surface area contributed by atoms with Crippen molar-refractivity contribution in [3.8, 4) is 0 Å². The van der Waals surface area contributed by atoms with Gasteiger partial charge >= 0.3 is 0 Å². The fourth-order valence-electron chi connectivity index (χ4n) is 0.378. The standard InChI is InChI=1S/C5H9O2S/c1-3-5(4-2)8(6)7/h1,3-4H2,2H3/q+1. The molecule has 0 aromatic heterocycles. The summed E-state index contributed by atoms with van der Waals surface area (Å²) in [4.78, 5) is 0.491. The molecule has 0 amide bonds. The molecule has 0 atom stereocenters. The Morgan fingerprint density at radius 2 is 2.12 bits per heavy atom. The summed E-state index contributed by atoms with van der Waals surface area (Å²) in [7, 11) is -2.00. The second-order valence-electron chi connectivity index (χ2n) is 1.38. The van der Waals surface area contributed by atoms with Crippen LogP contribution < -0.4 is 0 Å². The van der Waals surface area contributed by atoms with Crippen molar-refractivity contribution in [1.82, 2.24) is 0 Å². The molecule has 0 saturated heterocycles. The predicted octanol–water partition coefficient (Wildman–Crippen LogP) is 0.672. The molecule has 0 fully saturated rings. The van der Waals surface area contributed by atoms with E-state index in [0.717, 1.165) is 0 Å². The Kier molecular flexibility index (Phi) is 3.35. The van der Waals surface area contributed by atoms with Gasteiger partial charge < -0.3 is 0 Å². The number of hydrogen-bond acceptors (Lipinski definition) is 2. The van der Waals surface area contributed by atoms with Crippen LogP contribution in [0.4, 0.5) is 0 Å². The molecule has 0 bridgehead atoms. The van der Waals surface area contributed by atoms with Gasteiger partial charge in [0, 0.05) is 0 Å². The third-order valence-corrected chi connectivity index (χ3v) is 1.87. The molecule has 0 N–H and O–H groups in total. The molecule has 0 aromatic rings. The van der Waals surface area contributed by atoms with Crippen molar-refractivity contribution >= 4 is 15.2 Å². The van der Waals surface area contributed by atoms with Gasteiger partial charge in [0.25, 0.3) is 0 Å². The zero-order valence-electron chi connectivity index (χ0n) is 4.85. The minimum Gasteiger partial charge on any atom is -0.184 e. The maximum atomic E-state index is 10.1. The highest BCUT2D eigenvalue weighted by Gasteiger charge is 1.95. The summed E-state index contributed by atoms with van der Waals surface area (Å²) in [5, 5.41) is 0. The summed E-state index contributed by atoms with van der Waals surface area (Å²) < 4.78 is 20.2. The van der Waals surface area contributed by atoms with Crippen molar-refractivity contribution in [2.24, 2.45) is 0 Å². The van der Waals surface area contributed by atoms with E-state index in [0.29, 0.717) is 17.7 Å². The molecule has 8 heavy (non-hydrogen) atoms. The van der Waals surface area contributed by atoms with E-state index in [2.05, 4.69) is 6.92 Å². The van der Waals surface area contributed by atoms with Gasteiger partial charge in [0.2, 0.25) is 10.3 Å². The molecule has 0 heterocycles. The average Bonchev–Trinajstić information content (AvgIpc) is 1.69. The van der Waals surface area contributed by atoms with E-state index in [1.807, 2.05) is 0 Å². The van der Waals surface area contributed by atoms with Crippen LogP contribution in [0.25, 0.3) is 0 Å². The van der Waals surface area contributed by atoms with Gasteiger partial charge in [-0.2, -0.15) is 8.42 Å². The molecule has 0 radical (unpaired) electrons. The monoisotopic (exact) mass is 133 g/mol.